The summed E-state index contributed by atoms with van der Waals surface area (Å²) >= 11 is 0. The zero-order valence-corrected chi connectivity index (χ0v) is 14.1. The van der Waals surface area contributed by atoms with Crippen LogP contribution >= 0.6 is 0 Å². The van der Waals surface area contributed by atoms with Crippen LogP contribution in [-0.2, 0) is 14.3 Å². The molecule has 2 unspecified atom stereocenters. The number of ether oxygens (including phenoxy) is 2. The van der Waals surface area contributed by atoms with Crippen LogP contribution in [0.15, 0.2) is 18.2 Å². The summed E-state index contributed by atoms with van der Waals surface area (Å²) in [5.74, 6) is -0.0236. The van der Waals surface area contributed by atoms with Gasteiger partial charge in [-0.1, -0.05) is 12.1 Å². The normalized spacial score (nSPS) is 19.7. The molecule has 1 aliphatic heterocycles. The summed E-state index contributed by atoms with van der Waals surface area (Å²) < 4.78 is 11.4. The Bertz CT molecular complexity index is 509. The quantitative estimate of drug-likeness (QED) is 0.838. The number of aryl methyl sites for hydroxylation is 1. The van der Waals surface area contributed by atoms with Crippen molar-refractivity contribution in [2.45, 2.75) is 52.2 Å². The highest BCUT2D eigenvalue weighted by atomic mass is 16.5. The van der Waals surface area contributed by atoms with Crippen molar-refractivity contribution in [2.75, 3.05) is 25.2 Å². The SMILES string of the molecule is Cc1cccc(N(C)C(=O)C(C)OCC2CCCCO2)c1C. The molecule has 0 radical (unpaired) electrons. The van der Waals surface area contributed by atoms with Gasteiger partial charge >= 0.3 is 0 Å². The van der Waals surface area contributed by atoms with Gasteiger partial charge in [0.2, 0.25) is 0 Å². The van der Waals surface area contributed by atoms with Gasteiger partial charge in [-0.05, 0) is 57.2 Å². The lowest BCUT2D eigenvalue weighted by molar-refractivity contribution is -0.132. The van der Waals surface area contributed by atoms with E-state index in [9.17, 15) is 4.79 Å². The fourth-order valence-corrected chi connectivity index (χ4v) is 2.75. The molecule has 1 aliphatic rings. The summed E-state index contributed by atoms with van der Waals surface area (Å²) in [5, 5.41) is 0. The van der Waals surface area contributed by atoms with E-state index in [0.29, 0.717) is 6.61 Å². The lowest BCUT2D eigenvalue weighted by Gasteiger charge is -2.26. The Hall–Kier alpha value is -1.39. The molecule has 22 heavy (non-hydrogen) atoms. The van der Waals surface area contributed by atoms with Gasteiger partial charge in [0, 0.05) is 19.3 Å². The number of carbonyl (C=O) groups is 1. The van der Waals surface area contributed by atoms with Crippen LogP contribution in [0.4, 0.5) is 5.69 Å². The minimum atomic E-state index is -0.463. The van der Waals surface area contributed by atoms with E-state index in [1.165, 1.54) is 12.0 Å². The van der Waals surface area contributed by atoms with E-state index >= 15 is 0 Å². The van der Waals surface area contributed by atoms with E-state index in [1.807, 2.05) is 26.0 Å². The van der Waals surface area contributed by atoms with Gasteiger partial charge in [-0.3, -0.25) is 4.79 Å². The number of amides is 1. The second-order valence-electron chi connectivity index (χ2n) is 6.08. The van der Waals surface area contributed by atoms with Gasteiger partial charge < -0.3 is 14.4 Å². The van der Waals surface area contributed by atoms with Crippen molar-refractivity contribution in [3.63, 3.8) is 0 Å². The van der Waals surface area contributed by atoms with Crippen LogP contribution in [0.1, 0.15) is 37.3 Å². The molecular weight excluding hydrogens is 278 g/mol. The Morgan fingerprint density at radius 1 is 1.41 bits per heavy atom. The molecule has 4 nitrogen and oxygen atoms in total. The van der Waals surface area contributed by atoms with Crippen LogP contribution in [-0.4, -0.2) is 38.4 Å². The minimum absolute atomic E-state index is 0.0236. The first-order chi connectivity index (χ1) is 10.5. The van der Waals surface area contributed by atoms with Gasteiger partial charge in [0.05, 0.1) is 12.7 Å². The van der Waals surface area contributed by atoms with E-state index < -0.39 is 6.10 Å². The Labute approximate surface area is 133 Å². The number of hydrogen-bond donors (Lipinski definition) is 0. The number of carbonyl (C=O) groups excluding carboxylic acids is 1. The highest BCUT2D eigenvalue weighted by Gasteiger charge is 2.23. The van der Waals surface area contributed by atoms with E-state index in [0.717, 1.165) is 30.7 Å². The number of benzene rings is 1. The maximum Gasteiger partial charge on any atom is 0.255 e. The van der Waals surface area contributed by atoms with Crippen molar-refractivity contribution in [2.24, 2.45) is 0 Å². The van der Waals surface area contributed by atoms with Crippen LogP contribution in [0.3, 0.4) is 0 Å². The van der Waals surface area contributed by atoms with Crippen LogP contribution in [0.2, 0.25) is 0 Å². The molecule has 1 fully saturated rings. The molecule has 4 heteroatoms. The molecule has 1 heterocycles. The van der Waals surface area contributed by atoms with Gasteiger partial charge in [0.1, 0.15) is 6.10 Å². The molecule has 2 atom stereocenters. The molecule has 1 saturated heterocycles. The first kappa shape index (κ1) is 17.0. The standard InChI is InChI=1S/C18H27NO3/c1-13-8-7-10-17(14(13)2)19(4)18(20)15(3)22-12-16-9-5-6-11-21-16/h7-8,10,15-16H,5-6,9,11-12H2,1-4H3. The van der Waals surface area contributed by atoms with Crippen molar-refractivity contribution in [1.29, 1.82) is 0 Å². The van der Waals surface area contributed by atoms with Crippen LogP contribution in [0.25, 0.3) is 0 Å². The predicted octanol–water partition coefficient (Wildman–Crippen LogP) is 3.24. The number of likely N-dealkylation sites (N-methyl/N-ethyl adjacent to an activating group) is 1. The highest BCUT2D eigenvalue weighted by molar-refractivity contribution is 5.96. The lowest BCUT2D eigenvalue weighted by atomic mass is 10.1. The van der Waals surface area contributed by atoms with E-state index in [1.54, 1.807) is 11.9 Å². The third-order valence-electron chi connectivity index (χ3n) is 4.42. The molecule has 0 bridgehead atoms. The van der Waals surface area contributed by atoms with Crippen molar-refractivity contribution >= 4 is 11.6 Å². The van der Waals surface area contributed by atoms with Crippen molar-refractivity contribution < 1.29 is 14.3 Å². The first-order valence-corrected chi connectivity index (χ1v) is 8.07. The van der Waals surface area contributed by atoms with Gasteiger partial charge in [-0.25, -0.2) is 0 Å². The Morgan fingerprint density at radius 2 is 2.18 bits per heavy atom. The fourth-order valence-electron chi connectivity index (χ4n) is 2.75. The summed E-state index contributed by atoms with van der Waals surface area (Å²) in [5.41, 5.74) is 3.25. The molecule has 0 aromatic heterocycles. The average Bonchev–Trinajstić information content (AvgIpc) is 2.54. The molecule has 0 spiro atoms. The van der Waals surface area contributed by atoms with Gasteiger partial charge in [-0.15, -0.1) is 0 Å². The van der Waals surface area contributed by atoms with Gasteiger partial charge in [-0.2, -0.15) is 0 Å². The largest absolute Gasteiger partial charge is 0.376 e. The van der Waals surface area contributed by atoms with Crippen LogP contribution in [0, 0.1) is 13.8 Å². The summed E-state index contributed by atoms with van der Waals surface area (Å²) in [6.07, 6.45) is 3.00. The monoisotopic (exact) mass is 305 g/mol. The fraction of sp³-hybridized carbons (Fsp3) is 0.611. The third-order valence-corrected chi connectivity index (χ3v) is 4.42. The molecule has 1 aromatic rings. The minimum Gasteiger partial charge on any atom is -0.376 e. The summed E-state index contributed by atoms with van der Waals surface area (Å²) in [4.78, 5) is 14.2. The Balaban J connectivity index is 1.92. The molecule has 122 valence electrons. The summed E-state index contributed by atoms with van der Waals surface area (Å²) in [6, 6.07) is 6.00. The number of hydrogen-bond acceptors (Lipinski definition) is 3. The average molecular weight is 305 g/mol. The van der Waals surface area contributed by atoms with Crippen molar-refractivity contribution in [1.82, 2.24) is 0 Å². The number of nitrogens with zero attached hydrogens (tertiary/aromatic N) is 1. The molecule has 0 saturated carbocycles. The third kappa shape index (κ3) is 4.08. The molecule has 0 N–H and O–H groups in total. The number of rotatable bonds is 5. The van der Waals surface area contributed by atoms with E-state index in [-0.39, 0.29) is 12.0 Å². The molecule has 0 aliphatic carbocycles. The van der Waals surface area contributed by atoms with Gasteiger partial charge in [0.25, 0.3) is 5.91 Å². The van der Waals surface area contributed by atoms with Crippen LogP contribution in [0.5, 0.6) is 0 Å². The van der Waals surface area contributed by atoms with Gasteiger partial charge in [0.15, 0.2) is 0 Å². The number of anilines is 1. The van der Waals surface area contributed by atoms with Crippen molar-refractivity contribution in [3.05, 3.63) is 29.3 Å². The van der Waals surface area contributed by atoms with Crippen molar-refractivity contribution in [3.8, 4) is 0 Å². The van der Waals surface area contributed by atoms with E-state index in [4.69, 9.17) is 9.47 Å². The lowest BCUT2D eigenvalue weighted by Crippen LogP contribution is -2.38. The maximum absolute atomic E-state index is 12.5. The predicted molar refractivity (Wildman–Crippen MR) is 88.3 cm³/mol. The Morgan fingerprint density at radius 3 is 2.86 bits per heavy atom. The highest BCUT2D eigenvalue weighted by Crippen LogP contribution is 2.22. The molecule has 2 rings (SSSR count). The summed E-state index contributed by atoms with van der Waals surface area (Å²) in [6.45, 7) is 7.20. The molecule has 1 amide bonds. The smallest absolute Gasteiger partial charge is 0.255 e. The zero-order chi connectivity index (χ0) is 16.1. The van der Waals surface area contributed by atoms with E-state index in [2.05, 4.69) is 13.0 Å². The topological polar surface area (TPSA) is 38.8 Å². The second kappa shape index (κ2) is 7.75. The first-order valence-electron chi connectivity index (χ1n) is 8.07. The second-order valence-corrected chi connectivity index (χ2v) is 6.08. The molecular formula is C18H27NO3. The summed E-state index contributed by atoms with van der Waals surface area (Å²) in [7, 11) is 1.81. The zero-order valence-electron chi connectivity index (χ0n) is 14.1. The molecule has 1 aromatic carbocycles. The Kier molecular flexibility index (Phi) is 5.98. The van der Waals surface area contributed by atoms with Crippen LogP contribution < -0.4 is 4.90 Å². The maximum atomic E-state index is 12.5.